The second-order valence-electron chi connectivity index (χ2n) is 4.38. The average Bonchev–Trinajstić information content (AvgIpc) is 2.92. The van der Waals surface area contributed by atoms with E-state index in [-0.39, 0.29) is 6.10 Å². The van der Waals surface area contributed by atoms with Crippen LogP contribution in [0, 0.1) is 0 Å². The maximum atomic E-state index is 10.00. The molecule has 0 amide bonds. The van der Waals surface area contributed by atoms with Gasteiger partial charge < -0.3 is 9.84 Å². The number of hydrogen-bond acceptors (Lipinski definition) is 5. The topological polar surface area (TPSA) is 55.2 Å². The van der Waals surface area contributed by atoms with Crippen LogP contribution in [0.2, 0.25) is 0 Å². The van der Waals surface area contributed by atoms with Crippen LogP contribution >= 0.6 is 11.3 Å². The lowest BCUT2D eigenvalue weighted by Crippen LogP contribution is -2.12. The fourth-order valence-electron chi connectivity index (χ4n) is 1.91. The van der Waals surface area contributed by atoms with Crippen molar-refractivity contribution in [1.29, 1.82) is 0 Å². The summed E-state index contributed by atoms with van der Waals surface area (Å²) in [7, 11) is 1.57. The summed E-state index contributed by atoms with van der Waals surface area (Å²) >= 11 is 1.76. The van der Waals surface area contributed by atoms with Crippen molar-refractivity contribution in [2.24, 2.45) is 0 Å². The Morgan fingerprint density at radius 2 is 2.32 bits per heavy atom. The number of ether oxygens (including phenoxy) is 1. The first-order valence-corrected chi connectivity index (χ1v) is 7.21. The summed E-state index contributed by atoms with van der Waals surface area (Å²) < 4.78 is 5.04. The quantitative estimate of drug-likeness (QED) is 0.845. The third-order valence-electron chi connectivity index (χ3n) is 2.89. The minimum atomic E-state index is -0.362. The van der Waals surface area contributed by atoms with Gasteiger partial charge in [0.25, 0.3) is 0 Å². The molecule has 2 rings (SSSR count). The highest BCUT2D eigenvalue weighted by Crippen LogP contribution is 2.14. The smallest absolute Gasteiger partial charge is 0.216 e. The summed E-state index contributed by atoms with van der Waals surface area (Å²) in [5.41, 5.74) is 0.815. The zero-order valence-corrected chi connectivity index (χ0v) is 11.8. The molecule has 2 heterocycles. The number of aliphatic hydroxyl groups excluding tert-OH is 1. The molecule has 19 heavy (non-hydrogen) atoms. The van der Waals surface area contributed by atoms with E-state index in [1.807, 2.05) is 0 Å². The Balaban J connectivity index is 1.75. The average molecular weight is 278 g/mol. The Kier molecular flexibility index (Phi) is 5.30. The summed E-state index contributed by atoms with van der Waals surface area (Å²) in [4.78, 5) is 9.45. The Morgan fingerprint density at radius 3 is 3.05 bits per heavy atom. The van der Waals surface area contributed by atoms with E-state index in [1.54, 1.807) is 24.5 Å². The molecule has 0 aliphatic carbocycles. The molecule has 2 aromatic rings. The lowest BCUT2D eigenvalue weighted by molar-refractivity contribution is 0.161. The number of methoxy groups -OCH3 is 1. The predicted octanol–water partition coefficient (Wildman–Crippen LogP) is 2.47. The SMILES string of the molecule is COc1cc(CC(O)CCCc2cccs2)ncn1. The molecule has 2 aromatic heterocycles. The van der Waals surface area contributed by atoms with Crippen molar-refractivity contribution >= 4 is 11.3 Å². The van der Waals surface area contributed by atoms with Crippen LogP contribution in [-0.2, 0) is 12.8 Å². The van der Waals surface area contributed by atoms with Gasteiger partial charge in [-0.1, -0.05) is 6.07 Å². The number of aromatic nitrogens is 2. The zero-order chi connectivity index (χ0) is 13.5. The van der Waals surface area contributed by atoms with Gasteiger partial charge in [0, 0.05) is 17.4 Å². The van der Waals surface area contributed by atoms with E-state index in [1.165, 1.54) is 11.2 Å². The number of thiophene rings is 1. The number of aliphatic hydroxyl groups is 1. The molecule has 0 aromatic carbocycles. The van der Waals surface area contributed by atoms with Gasteiger partial charge in [-0.3, -0.25) is 0 Å². The highest BCUT2D eigenvalue weighted by molar-refractivity contribution is 7.09. The number of rotatable bonds is 7. The van der Waals surface area contributed by atoms with Gasteiger partial charge in [-0.2, -0.15) is 0 Å². The summed E-state index contributed by atoms with van der Waals surface area (Å²) in [6, 6.07) is 5.96. The molecular formula is C14H18N2O2S. The largest absolute Gasteiger partial charge is 0.481 e. The standard InChI is InChI=1S/C14H18N2O2S/c1-18-14-9-11(15-10-16-14)8-12(17)4-2-5-13-6-3-7-19-13/h3,6-7,9-10,12,17H,2,4-5,8H2,1H3. The van der Waals surface area contributed by atoms with Crippen LogP contribution in [0.5, 0.6) is 5.88 Å². The molecule has 0 radical (unpaired) electrons. The summed E-state index contributed by atoms with van der Waals surface area (Å²) in [6.07, 6.45) is 4.45. The van der Waals surface area contributed by atoms with Crippen LogP contribution in [-0.4, -0.2) is 28.3 Å². The zero-order valence-electron chi connectivity index (χ0n) is 11.0. The van der Waals surface area contributed by atoms with Crippen molar-refractivity contribution in [3.8, 4) is 5.88 Å². The first-order chi connectivity index (χ1) is 9.28. The van der Waals surface area contributed by atoms with E-state index in [2.05, 4.69) is 27.5 Å². The molecule has 4 nitrogen and oxygen atoms in total. The van der Waals surface area contributed by atoms with Crippen LogP contribution in [0.25, 0.3) is 0 Å². The normalized spacial score (nSPS) is 12.3. The van der Waals surface area contributed by atoms with Gasteiger partial charge in [-0.25, -0.2) is 9.97 Å². The van der Waals surface area contributed by atoms with Crippen molar-refractivity contribution in [1.82, 2.24) is 9.97 Å². The first kappa shape index (κ1) is 14.0. The second kappa shape index (κ2) is 7.21. The van der Waals surface area contributed by atoms with E-state index in [4.69, 9.17) is 4.74 Å². The van der Waals surface area contributed by atoms with E-state index >= 15 is 0 Å². The van der Waals surface area contributed by atoms with Gasteiger partial charge >= 0.3 is 0 Å². The lowest BCUT2D eigenvalue weighted by atomic mass is 10.1. The van der Waals surface area contributed by atoms with E-state index in [0.717, 1.165) is 25.0 Å². The highest BCUT2D eigenvalue weighted by Gasteiger charge is 2.08. The first-order valence-electron chi connectivity index (χ1n) is 6.33. The molecule has 0 bridgehead atoms. The lowest BCUT2D eigenvalue weighted by Gasteiger charge is -2.09. The molecule has 5 heteroatoms. The summed E-state index contributed by atoms with van der Waals surface area (Å²) in [5.74, 6) is 0.538. The van der Waals surface area contributed by atoms with Crippen LogP contribution in [0.3, 0.4) is 0 Å². The molecule has 0 aliphatic heterocycles. The summed E-state index contributed by atoms with van der Waals surface area (Å²) in [6.45, 7) is 0. The molecular weight excluding hydrogens is 260 g/mol. The molecule has 1 atom stereocenters. The third-order valence-corrected chi connectivity index (χ3v) is 3.83. The van der Waals surface area contributed by atoms with Gasteiger partial charge in [0.1, 0.15) is 6.33 Å². The number of hydrogen-bond donors (Lipinski definition) is 1. The van der Waals surface area contributed by atoms with Crippen LogP contribution < -0.4 is 4.74 Å². The molecule has 0 aliphatic rings. The number of nitrogens with zero attached hydrogens (tertiary/aromatic N) is 2. The van der Waals surface area contributed by atoms with E-state index in [9.17, 15) is 5.11 Å². The van der Waals surface area contributed by atoms with Crippen LogP contribution in [0.1, 0.15) is 23.4 Å². The third kappa shape index (κ3) is 4.61. The van der Waals surface area contributed by atoms with Crippen molar-refractivity contribution in [3.05, 3.63) is 40.5 Å². The maximum Gasteiger partial charge on any atom is 0.216 e. The monoisotopic (exact) mass is 278 g/mol. The van der Waals surface area contributed by atoms with E-state index < -0.39 is 0 Å². The Bertz CT molecular complexity index is 488. The van der Waals surface area contributed by atoms with Crippen LogP contribution in [0.4, 0.5) is 0 Å². The van der Waals surface area contributed by atoms with Crippen molar-refractivity contribution in [3.63, 3.8) is 0 Å². The molecule has 0 spiro atoms. The molecule has 102 valence electrons. The minimum absolute atomic E-state index is 0.362. The maximum absolute atomic E-state index is 10.00. The number of aryl methyl sites for hydroxylation is 1. The predicted molar refractivity (Wildman–Crippen MR) is 75.6 cm³/mol. The Morgan fingerprint density at radius 1 is 1.42 bits per heavy atom. The van der Waals surface area contributed by atoms with E-state index in [0.29, 0.717) is 12.3 Å². The molecule has 1 N–H and O–H groups in total. The fraction of sp³-hybridized carbons (Fsp3) is 0.429. The van der Waals surface area contributed by atoms with Gasteiger partial charge in [0.2, 0.25) is 5.88 Å². The molecule has 0 saturated carbocycles. The molecule has 0 saturated heterocycles. The minimum Gasteiger partial charge on any atom is -0.481 e. The fourth-order valence-corrected chi connectivity index (χ4v) is 2.66. The highest BCUT2D eigenvalue weighted by atomic mass is 32.1. The second-order valence-corrected chi connectivity index (χ2v) is 5.41. The van der Waals surface area contributed by atoms with Crippen LogP contribution in [0.15, 0.2) is 29.9 Å². The van der Waals surface area contributed by atoms with Gasteiger partial charge in [0.05, 0.1) is 18.9 Å². The van der Waals surface area contributed by atoms with Crippen molar-refractivity contribution in [2.75, 3.05) is 7.11 Å². The molecule has 1 unspecified atom stereocenters. The Hall–Kier alpha value is -1.46. The van der Waals surface area contributed by atoms with Crippen molar-refractivity contribution < 1.29 is 9.84 Å². The van der Waals surface area contributed by atoms with Gasteiger partial charge in [0.15, 0.2) is 0 Å². The Labute approximate surface area is 117 Å². The van der Waals surface area contributed by atoms with Crippen molar-refractivity contribution in [2.45, 2.75) is 31.8 Å². The molecule has 0 fully saturated rings. The van der Waals surface area contributed by atoms with Gasteiger partial charge in [-0.15, -0.1) is 11.3 Å². The van der Waals surface area contributed by atoms with Gasteiger partial charge in [-0.05, 0) is 30.7 Å². The summed E-state index contributed by atoms with van der Waals surface area (Å²) in [5, 5.41) is 12.1.